The molecule has 1 N–H and O–H groups in total. The number of piperidine rings is 1. The first-order valence-corrected chi connectivity index (χ1v) is 25.9. The number of amides is 2. The zero-order chi connectivity index (χ0) is 50.4. The van der Waals surface area contributed by atoms with Crippen molar-refractivity contribution < 1.29 is 23.1 Å². The Labute approximate surface area is 424 Å². The van der Waals surface area contributed by atoms with Crippen molar-refractivity contribution in [2.24, 2.45) is 23.3 Å². The van der Waals surface area contributed by atoms with Gasteiger partial charge in [0.1, 0.15) is 17.9 Å². The number of carbonyl (C=O) groups is 2. The van der Waals surface area contributed by atoms with Crippen LogP contribution in [-0.2, 0) is 31.2 Å². The summed E-state index contributed by atoms with van der Waals surface area (Å²) in [5.74, 6) is 1.82. The number of benzene rings is 2. The highest BCUT2D eigenvalue weighted by atomic mass is 35.5. The van der Waals surface area contributed by atoms with Gasteiger partial charge in [-0.15, -0.1) is 0 Å². The summed E-state index contributed by atoms with van der Waals surface area (Å²) in [6.45, 7) is 15.4. The summed E-state index contributed by atoms with van der Waals surface area (Å²) >= 11 is 6.28. The van der Waals surface area contributed by atoms with E-state index in [2.05, 4.69) is 73.5 Å². The van der Waals surface area contributed by atoms with Crippen molar-refractivity contribution in [3.8, 4) is 22.9 Å². The Bertz CT molecular complexity index is 2950. The number of anilines is 3. The largest absolute Gasteiger partial charge is 0.489 e. The quantitative estimate of drug-likeness (QED) is 0.143. The van der Waals surface area contributed by atoms with Gasteiger partial charge in [-0.2, -0.15) is 15.5 Å². The van der Waals surface area contributed by atoms with Crippen molar-refractivity contribution in [3.63, 3.8) is 0 Å². The van der Waals surface area contributed by atoms with Gasteiger partial charge < -0.3 is 29.7 Å². The summed E-state index contributed by atoms with van der Waals surface area (Å²) in [6, 6.07) is 11.3. The van der Waals surface area contributed by atoms with Crippen LogP contribution in [0.25, 0.3) is 11.1 Å². The van der Waals surface area contributed by atoms with E-state index in [9.17, 15) is 23.6 Å². The van der Waals surface area contributed by atoms with E-state index in [1.54, 1.807) is 67.7 Å². The third-order valence-electron chi connectivity index (χ3n) is 17.1. The summed E-state index contributed by atoms with van der Waals surface area (Å²) in [7, 11) is 1.79. The predicted octanol–water partition coefficient (Wildman–Crippen LogP) is 8.83. The maximum absolute atomic E-state index is 14.8. The first-order valence-electron chi connectivity index (χ1n) is 25.5. The number of halogens is 3. The van der Waals surface area contributed by atoms with Crippen LogP contribution in [0.15, 0.2) is 55.1 Å². The normalized spacial score (nSPS) is 23.3. The molecule has 5 aromatic rings. The fraction of sp³-hybridized carbons (Fsp3) is 0.537. The Kier molecular flexibility index (Phi) is 12.1. The highest BCUT2D eigenvalue weighted by Gasteiger charge is 2.64. The smallest absolute Gasteiger partial charge is 0.264 e. The molecule has 1 unspecified atom stereocenters. The molecule has 4 aliphatic heterocycles. The second-order valence-electron chi connectivity index (χ2n) is 22.5. The van der Waals surface area contributed by atoms with Gasteiger partial charge in [-0.1, -0.05) is 39.3 Å². The number of hydrogen-bond donors (Lipinski definition) is 1. The minimum atomic E-state index is -2.66. The minimum absolute atomic E-state index is 0.0127. The Balaban J connectivity index is 0.714. The van der Waals surface area contributed by atoms with Crippen molar-refractivity contribution >= 4 is 40.9 Å². The lowest BCUT2D eigenvalue weighted by atomic mass is 9.49. The molecule has 2 saturated heterocycles. The summed E-state index contributed by atoms with van der Waals surface area (Å²) in [5.41, 5.74) is 5.40. The zero-order valence-corrected chi connectivity index (χ0v) is 42.7. The zero-order valence-electron chi connectivity index (χ0n) is 42.0. The first kappa shape index (κ1) is 48.2. The van der Waals surface area contributed by atoms with E-state index in [0.29, 0.717) is 71.1 Å². The molecule has 15 nitrogen and oxygen atoms in total. The van der Waals surface area contributed by atoms with Gasteiger partial charge >= 0.3 is 0 Å². The van der Waals surface area contributed by atoms with Crippen LogP contribution >= 0.6 is 11.6 Å². The first-order chi connectivity index (χ1) is 34.4. The number of fused-ring (bicyclic) bond motifs is 2. The predicted molar refractivity (Wildman–Crippen MR) is 270 cm³/mol. The standard InChI is InChI=1S/C54H63ClF2N12O3/c1-32(70)66-19-14-44-42(29-66)47(68-16-7-8-33-20-40(36-27-61-64(6)28-36)41(46(56)57)22-45(33)68)63-69(44)37-12-17-65(18-13-37)38-11-15-54(23-38)30-67(31-54)51-59-25-35(26-60-51)48(71)62-49-52(2,3)50(53(49,4)5)72-39-10-9-34(24-58)43(55)21-39/h9-10,20-22,25-28,37-38,46,49-50H,7-8,11-19,23,29-31H2,1-6H3,(H,62,71). The molecule has 2 amide bonds. The molecule has 72 heavy (non-hydrogen) atoms. The van der Waals surface area contributed by atoms with Crippen LogP contribution in [0.5, 0.6) is 5.75 Å². The Hall–Kier alpha value is -6.12. The third kappa shape index (κ3) is 8.35. The minimum Gasteiger partial charge on any atom is -0.489 e. The van der Waals surface area contributed by atoms with Gasteiger partial charge in [0.05, 0.1) is 34.9 Å². The third-order valence-corrected chi connectivity index (χ3v) is 17.4. The molecule has 1 spiro atoms. The van der Waals surface area contributed by atoms with Crippen LogP contribution in [0.1, 0.15) is 124 Å². The fourth-order valence-electron chi connectivity index (χ4n) is 13.7. The van der Waals surface area contributed by atoms with Gasteiger partial charge in [0, 0.05) is 141 Å². The van der Waals surface area contributed by atoms with Gasteiger partial charge in [-0.3, -0.25) is 19.0 Å². The molecule has 1 atom stereocenters. The van der Waals surface area contributed by atoms with E-state index in [0.717, 1.165) is 99.5 Å². The highest BCUT2D eigenvalue weighted by molar-refractivity contribution is 6.31. The van der Waals surface area contributed by atoms with Crippen LogP contribution in [-0.4, -0.2) is 109 Å². The van der Waals surface area contributed by atoms with Crippen molar-refractivity contribution in [1.29, 1.82) is 5.26 Å². The summed E-state index contributed by atoms with van der Waals surface area (Å²) in [6.07, 6.45) is 11.5. The van der Waals surface area contributed by atoms with Crippen LogP contribution in [0.2, 0.25) is 5.02 Å². The van der Waals surface area contributed by atoms with Gasteiger partial charge in [0.2, 0.25) is 11.9 Å². The highest BCUT2D eigenvalue weighted by Crippen LogP contribution is 2.56. The number of nitriles is 1. The van der Waals surface area contributed by atoms with Crippen LogP contribution in [0.3, 0.4) is 0 Å². The molecule has 0 bridgehead atoms. The molecular formula is C54H63ClF2N12O3. The number of carbonyl (C=O) groups excluding carboxylic acids is 2. The average molecular weight is 1000 g/mol. The number of aryl methyl sites for hydroxylation is 2. The number of likely N-dealkylation sites (tertiary alicyclic amines) is 1. The number of nitrogens with zero attached hydrogens (tertiary/aromatic N) is 11. The summed E-state index contributed by atoms with van der Waals surface area (Å²) in [5, 5.41) is 22.5. The lowest BCUT2D eigenvalue weighted by Gasteiger charge is -2.63. The maximum Gasteiger partial charge on any atom is 0.264 e. The number of rotatable bonds is 10. The molecule has 11 rings (SSSR count). The summed E-state index contributed by atoms with van der Waals surface area (Å²) in [4.78, 5) is 44.6. The SMILES string of the molecule is CC(=O)N1CCc2c(c(N3CCCc4cc(-c5cnn(C)c5)c(C(F)F)cc43)nn2C2CCN(C3CCC4(C3)CN(c3ncc(C(=O)NC5C(C)(C)C(Oc6ccc(C#N)c(Cl)c6)C5(C)C)cn3)C4)CC2)C1. The number of ether oxygens (including phenoxy) is 1. The lowest BCUT2D eigenvalue weighted by Crippen LogP contribution is -2.74. The molecule has 2 aromatic carbocycles. The van der Waals surface area contributed by atoms with Crippen molar-refractivity contribution in [3.05, 3.63) is 93.7 Å². The number of hydrogen-bond acceptors (Lipinski definition) is 11. The average Bonchev–Trinajstić information content (AvgIpc) is 4.11. The molecule has 7 heterocycles. The number of alkyl halides is 2. The molecule has 0 radical (unpaired) electrons. The molecule has 378 valence electrons. The topological polar surface area (TPSA) is 154 Å². The van der Waals surface area contributed by atoms with Crippen LogP contribution < -0.4 is 19.9 Å². The Morgan fingerprint density at radius 2 is 1.71 bits per heavy atom. The van der Waals surface area contributed by atoms with E-state index in [-0.39, 0.29) is 41.0 Å². The van der Waals surface area contributed by atoms with Crippen LogP contribution in [0, 0.1) is 27.6 Å². The van der Waals surface area contributed by atoms with Crippen LogP contribution in [0.4, 0.5) is 26.2 Å². The van der Waals surface area contributed by atoms with Gasteiger partial charge in [-0.05, 0) is 80.3 Å². The number of nitrogens with one attached hydrogen (secondary N) is 1. The second kappa shape index (κ2) is 18.1. The van der Waals surface area contributed by atoms with E-state index in [1.165, 1.54) is 0 Å². The molecule has 2 saturated carbocycles. The monoisotopic (exact) mass is 1000 g/mol. The molecule has 3 aromatic heterocycles. The summed E-state index contributed by atoms with van der Waals surface area (Å²) < 4.78 is 39.9. The van der Waals surface area contributed by atoms with Gasteiger partial charge in [0.25, 0.3) is 12.3 Å². The van der Waals surface area contributed by atoms with E-state index in [4.69, 9.17) is 21.4 Å². The lowest BCUT2D eigenvalue weighted by molar-refractivity contribution is -0.164. The van der Waals surface area contributed by atoms with Crippen molar-refractivity contribution in [2.75, 3.05) is 49.1 Å². The molecule has 2 aliphatic carbocycles. The van der Waals surface area contributed by atoms with E-state index >= 15 is 0 Å². The Morgan fingerprint density at radius 3 is 2.38 bits per heavy atom. The van der Waals surface area contributed by atoms with E-state index in [1.807, 2.05) is 11.0 Å². The van der Waals surface area contributed by atoms with Gasteiger partial charge in [-0.25, -0.2) is 18.7 Å². The molecular weight excluding hydrogens is 938 g/mol. The number of aromatic nitrogens is 6. The molecule has 4 fully saturated rings. The Morgan fingerprint density at radius 1 is 0.958 bits per heavy atom. The van der Waals surface area contributed by atoms with E-state index < -0.39 is 17.3 Å². The molecule has 6 aliphatic rings. The van der Waals surface area contributed by atoms with Crippen molar-refractivity contribution in [1.82, 2.24) is 44.6 Å². The molecule has 18 heteroatoms. The fourth-order valence-corrected chi connectivity index (χ4v) is 13.9. The van der Waals surface area contributed by atoms with Crippen molar-refractivity contribution in [2.45, 2.75) is 123 Å². The van der Waals surface area contributed by atoms with Gasteiger partial charge in [0.15, 0.2) is 5.82 Å². The maximum atomic E-state index is 14.8. The second-order valence-corrected chi connectivity index (χ2v) is 22.9.